The van der Waals surface area contributed by atoms with E-state index in [2.05, 4.69) is 17.2 Å². The smallest absolute Gasteiger partial charge is 0.251 e. The predicted molar refractivity (Wildman–Crippen MR) is 79.4 cm³/mol. The zero-order valence-corrected chi connectivity index (χ0v) is 11.9. The van der Waals surface area contributed by atoms with Gasteiger partial charge in [0.1, 0.15) is 0 Å². The van der Waals surface area contributed by atoms with Gasteiger partial charge in [-0.3, -0.25) is 4.79 Å². The Morgan fingerprint density at radius 1 is 1.45 bits per heavy atom. The Hall–Kier alpha value is -1.79. The van der Waals surface area contributed by atoms with Gasteiger partial charge < -0.3 is 10.4 Å². The average Bonchev–Trinajstić information content (AvgIpc) is 3.25. The van der Waals surface area contributed by atoms with Gasteiger partial charge in [0.15, 0.2) is 0 Å². The van der Waals surface area contributed by atoms with E-state index in [9.17, 15) is 4.79 Å². The van der Waals surface area contributed by atoms with Gasteiger partial charge in [-0.25, -0.2) is 0 Å². The minimum Gasteiger partial charge on any atom is -0.395 e. The maximum absolute atomic E-state index is 12.2. The summed E-state index contributed by atoms with van der Waals surface area (Å²) in [7, 11) is 0. The Morgan fingerprint density at radius 2 is 2.25 bits per heavy atom. The molecule has 0 aromatic heterocycles. The van der Waals surface area contributed by atoms with Crippen LogP contribution in [-0.2, 0) is 0 Å². The van der Waals surface area contributed by atoms with E-state index in [4.69, 9.17) is 5.11 Å². The third-order valence-corrected chi connectivity index (χ3v) is 3.49. The molecule has 20 heavy (non-hydrogen) atoms. The second-order valence-electron chi connectivity index (χ2n) is 5.29. The molecule has 0 saturated heterocycles. The van der Waals surface area contributed by atoms with Crippen LogP contribution in [0, 0.1) is 24.7 Å². The van der Waals surface area contributed by atoms with E-state index in [1.54, 1.807) is 0 Å². The number of hydrogen-bond donors (Lipinski definition) is 2. The first-order valence-electron chi connectivity index (χ1n) is 7.19. The van der Waals surface area contributed by atoms with Crippen molar-refractivity contribution in [2.45, 2.75) is 32.6 Å². The van der Waals surface area contributed by atoms with Crippen molar-refractivity contribution in [1.29, 1.82) is 0 Å². The maximum atomic E-state index is 12.2. The molecule has 1 aromatic carbocycles. The first-order valence-corrected chi connectivity index (χ1v) is 7.19. The Labute approximate surface area is 120 Å². The zero-order valence-electron chi connectivity index (χ0n) is 11.9. The number of carbonyl (C=O) groups is 1. The Balaban J connectivity index is 1.99. The van der Waals surface area contributed by atoms with Crippen LogP contribution >= 0.6 is 0 Å². The molecule has 0 heterocycles. The maximum Gasteiger partial charge on any atom is 0.251 e. The van der Waals surface area contributed by atoms with Crippen LogP contribution in [0.5, 0.6) is 0 Å². The number of nitrogens with one attached hydrogen (secondary N) is 1. The van der Waals surface area contributed by atoms with Gasteiger partial charge in [-0.05, 0) is 37.0 Å². The quantitative estimate of drug-likeness (QED) is 0.807. The highest BCUT2D eigenvalue weighted by atomic mass is 16.2. The van der Waals surface area contributed by atoms with Crippen molar-refractivity contribution in [3.8, 4) is 11.8 Å². The molecular formula is C17H21NO2. The van der Waals surface area contributed by atoms with E-state index in [1.807, 2.05) is 25.1 Å². The van der Waals surface area contributed by atoms with E-state index >= 15 is 0 Å². The van der Waals surface area contributed by atoms with Gasteiger partial charge in [0.25, 0.3) is 5.91 Å². The summed E-state index contributed by atoms with van der Waals surface area (Å²) >= 11 is 0. The van der Waals surface area contributed by atoms with Crippen LogP contribution in [0.1, 0.15) is 47.2 Å². The molecule has 0 bridgehead atoms. The standard InChI is InChI=1S/C17H21NO2/c1-13-5-6-15(4-2-3-11-19)12-16(13)17(20)18-10-9-14-7-8-14/h5-6,12,14,19H,3,7-11H2,1H3,(H,18,20). The van der Waals surface area contributed by atoms with Gasteiger partial charge in [0.05, 0.1) is 6.61 Å². The Bertz CT molecular complexity index is 536. The first-order chi connectivity index (χ1) is 9.70. The van der Waals surface area contributed by atoms with Crippen molar-refractivity contribution in [3.05, 3.63) is 34.9 Å². The van der Waals surface area contributed by atoms with E-state index < -0.39 is 0 Å². The van der Waals surface area contributed by atoms with Gasteiger partial charge >= 0.3 is 0 Å². The Morgan fingerprint density at radius 3 is 2.95 bits per heavy atom. The highest BCUT2D eigenvalue weighted by molar-refractivity contribution is 5.96. The number of benzene rings is 1. The average molecular weight is 271 g/mol. The third kappa shape index (κ3) is 4.40. The molecule has 1 aromatic rings. The summed E-state index contributed by atoms with van der Waals surface area (Å²) in [5, 5.41) is 11.7. The van der Waals surface area contributed by atoms with Gasteiger partial charge in [-0.1, -0.05) is 30.7 Å². The normalized spacial score (nSPS) is 13.5. The van der Waals surface area contributed by atoms with Crippen molar-refractivity contribution in [2.75, 3.05) is 13.2 Å². The molecule has 2 rings (SSSR count). The molecule has 0 radical (unpaired) electrons. The monoisotopic (exact) mass is 271 g/mol. The summed E-state index contributed by atoms with van der Waals surface area (Å²) in [6.07, 6.45) is 4.16. The Kier molecular flexibility index (Phi) is 5.20. The molecule has 1 aliphatic carbocycles. The molecule has 0 unspecified atom stereocenters. The summed E-state index contributed by atoms with van der Waals surface area (Å²) in [5.74, 6) is 6.64. The summed E-state index contributed by atoms with van der Waals surface area (Å²) in [5.41, 5.74) is 2.47. The predicted octanol–water partition coefficient (Wildman–Crippen LogP) is 2.26. The molecule has 1 amide bonds. The summed E-state index contributed by atoms with van der Waals surface area (Å²) < 4.78 is 0. The van der Waals surface area contributed by atoms with Gasteiger partial charge in [-0.15, -0.1) is 0 Å². The SMILES string of the molecule is Cc1ccc(C#CCCO)cc1C(=O)NCCC1CC1. The lowest BCUT2D eigenvalue weighted by atomic mass is 10.0. The number of rotatable bonds is 5. The zero-order chi connectivity index (χ0) is 14.4. The summed E-state index contributed by atoms with van der Waals surface area (Å²) in [6.45, 7) is 2.75. The lowest BCUT2D eigenvalue weighted by molar-refractivity contribution is 0.0952. The van der Waals surface area contributed by atoms with Crippen molar-refractivity contribution < 1.29 is 9.90 Å². The van der Waals surface area contributed by atoms with Crippen LogP contribution in [0.2, 0.25) is 0 Å². The van der Waals surface area contributed by atoms with Crippen molar-refractivity contribution in [2.24, 2.45) is 5.92 Å². The van der Waals surface area contributed by atoms with Crippen LogP contribution < -0.4 is 5.32 Å². The molecule has 3 heteroatoms. The number of aliphatic hydroxyl groups is 1. The van der Waals surface area contributed by atoms with E-state index in [0.717, 1.165) is 30.0 Å². The highest BCUT2D eigenvalue weighted by Gasteiger charge is 2.20. The fourth-order valence-electron chi connectivity index (χ4n) is 2.06. The number of amides is 1. The second-order valence-corrected chi connectivity index (χ2v) is 5.29. The lowest BCUT2D eigenvalue weighted by Gasteiger charge is -2.08. The van der Waals surface area contributed by atoms with Crippen molar-refractivity contribution >= 4 is 5.91 Å². The molecule has 0 aliphatic heterocycles. The minimum atomic E-state index is -0.0195. The van der Waals surface area contributed by atoms with E-state index in [0.29, 0.717) is 12.0 Å². The minimum absolute atomic E-state index is 0.0195. The molecule has 0 spiro atoms. The fraction of sp³-hybridized carbons (Fsp3) is 0.471. The third-order valence-electron chi connectivity index (χ3n) is 3.49. The number of aryl methyl sites for hydroxylation is 1. The molecule has 1 saturated carbocycles. The van der Waals surface area contributed by atoms with Gasteiger partial charge in [-0.2, -0.15) is 0 Å². The summed E-state index contributed by atoms with van der Waals surface area (Å²) in [4.78, 5) is 12.2. The largest absolute Gasteiger partial charge is 0.395 e. The topological polar surface area (TPSA) is 49.3 Å². The second kappa shape index (κ2) is 7.12. The van der Waals surface area contributed by atoms with Crippen LogP contribution in [0.3, 0.4) is 0 Å². The number of aliphatic hydroxyl groups excluding tert-OH is 1. The number of hydrogen-bond acceptors (Lipinski definition) is 2. The molecule has 1 aliphatic rings. The molecule has 1 fully saturated rings. The van der Waals surface area contributed by atoms with Crippen molar-refractivity contribution in [3.63, 3.8) is 0 Å². The van der Waals surface area contributed by atoms with E-state index in [-0.39, 0.29) is 12.5 Å². The van der Waals surface area contributed by atoms with Crippen LogP contribution in [-0.4, -0.2) is 24.2 Å². The van der Waals surface area contributed by atoms with Crippen LogP contribution in [0.4, 0.5) is 0 Å². The summed E-state index contributed by atoms with van der Waals surface area (Å²) in [6, 6.07) is 5.64. The molecular weight excluding hydrogens is 250 g/mol. The molecule has 3 nitrogen and oxygen atoms in total. The lowest BCUT2D eigenvalue weighted by Crippen LogP contribution is -2.25. The molecule has 2 N–H and O–H groups in total. The van der Waals surface area contributed by atoms with Crippen LogP contribution in [0.15, 0.2) is 18.2 Å². The van der Waals surface area contributed by atoms with Gasteiger partial charge in [0.2, 0.25) is 0 Å². The first kappa shape index (κ1) is 14.6. The molecule has 106 valence electrons. The highest BCUT2D eigenvalue weighted by Crippen LogP contribution is 2.31. The number of carbonyl (C=O) groups excluding carboxylic acids is 1. The van der Waals surface area contributed by atoms with Gasteiger partial charge in [0, 0.05) is 24.1 Å². The van der Waals surface area contributed by atoms with Crippen LogP contribution in [0.25, 0.3) is 0 Å². The van der Waals surface area contributed by atoms with Crippen molar-refractivity contribution in [1.82, 2.24) is 5.32 Å². The molecule has 0 atom stereocenters. The van der Waals surface area contributed by atoms with E-state index in [1.165, 1.54) is 12.8 Å². The fourth-order valence-corrected chi connectivity index (χ4v) is 2.06.